The maximum absolute atomic E-state index is 10.6. The van der Waals surface area contributed by atoms with Gasteiger partial charge in [0.05, 0.1) is 0 Å². The number of carbonyl (C=O) groups excluding carboxylic acids is 1. The van der Waals surface area contributed by atoms with E-state index in [1.54, 1.807) is 6.92 Å². The van der Waals surface area contributed by atoms with Crippen molar-refractivity contribution < 1.29 is 4.79 Å². The van der Waals surface area contributed by atoms with Crippen LogP contribution in [0.4, 0.5) is 0 Å². The fraction of sp³-hybridized carbons (Fsp3) is 0.350. The molecular formula is C20H32O. The number of aryl methyl sites for hydroxylation is 1. The van der Waals surface area contributed by atoms with E-state index >= 15 is 0 Å². The van der Waals surface area contributed by atoms with E-state index in [0.29, 0.717) is 0 Å². The van der Waals surface area contributed by atoms with Crippen LogP contribution in [0.2, 0.25) is 0 Å². The number of rotatable bonds is 1. The standard InChI is InChI=1S/C8H8O.C7H8.2C2H6.CH4/c1-7(9)8-5-3-2-4-6-8;1-7-5-3-2-4-6-7;2*1-2;/h2-6H,1H3;2-6H,1H3;2*1-2H3;1H4. The number of Topliss-reactive ketones (excluding diaryl/α,β-unsaturated/α-hetero) is 1. The third-order valence-electron chi connectivity index (χ3n) is 2.12. The molecule has 0 heterocycles. The molecule has 118 valence electrons. The van der Waals surface area contributed by atoms with E-state index in [2.05, 4.69) is 19.1 Å². The van der Waals surface area contributed by atoms with Crippen LogP contribution < -0.4 is 0 Å². The van der Waals surface area contributed by atoms with Gasteiger partial charge in [0.25, 0.3) is 0 Å². The topological polar surface area (TPSA) is 17.1 Å². The molecule has 1 heteroatoms. The molecule has 0 amide bonds. The minimum Gasteiger partial charge on any atom is -0.295 e. The van der Waals surface area contributed by atoms with Crippen LogP contribution in [-0.2, 0) is 0 Å². The molecule has 0 fully saturated rings. The zero-order valence-electron chi connectivity index (χ0n) is 13.7. The van der Waals surface area contributed by atoms with Crippen LogP contribution in [0.25, 0.3) is 0 Å². The summed E-state index contributed by atoms with van der Waals surface area (Å²) in [5.74, 6) is 0.121. The summed E-state index contributed by atoms with van der Waals surface area (Å²) in [7, 11) is 0. The van der Waals surface area contributed by atoms with E-state index in [4.69, 9.17) is 0 Å². The largest absolute Gasteiger partial charge is 0.295 e. The molecule has 2 rings (SSSR count). The normalized spacial score (nSPS) is 7.33. The van der Waals surface area contributed by atoms with Gasteiger partial charge < -0.3 is 0 Å². The van der Waals surface area contributed by atoms with Gasteiger partial charge in [-0.1, -0.05) is 101 Å². The molecule has 0 bridgehead atoms. The predicted octanol–water partition coefficient (Wildman–Crippen LogP) is 6.57. The molecule has 21 heavy (non-hydrogen) atoms. The zero-order chi connectivity index (χ0) is 15.8. The van der Waals surface area contributed by atoms with Crippen molar-refractivity contribution in [3.05, 3.63) is 71.8 Å². The highest BCUT2D eigenvalue weighted by Gasteiger charge is 1.92. The highest BCUT2D eigenvalue weighted by atomic mass is 16.1. The number of carbonyl (C=O) groups is 1. The number of ketones is 1. The van der Waals surface area contributed by atoms with Crippen molar-refractivity contribution in [2.75, 3.05) is 0 Å². The van der Waals surface area contributed by atoms with Crippen LogP contribution in [0.5, 0.6) is 0 Å². The van der Waals surface area contributed by atoms with Gasteiger partial charge in [-0.3, -0.25) is 4.79 Å². The predicted molar refractivity (Wildman–Crippen MR) is 97.1 cm³/mol. The van der Waals surface area contributed by atoms with Gasteiger partial charge in [0, 0.05) is 5.56 Å². The van der Waals surface area contributed by atoms with Crippen molar-refractivity contribution in [2.24, 2.45) is 0 Å². The summed E-state index contributed by atoms with van der Waals surface area (Å²) in [4.78, 5) is 10.6. The maximum atomic E-state index is 10.6. The van der Waals surface area contributed by atoms with Gasteiger partial charge >= 0.3 is 0 Å². The summed E-state index contributed by atoms with van der Waals surface area (Å²) in [6, 6.07) is 19.5. The van der Waals surface area contributed by atoms with Gasteiger partial charge in [-0.2, -0.15) is 0 Å². The first-order valence-electron chi connectivity index (χ1n) is 7.28. The van der Waals surface area contributed by atoms with Gasteiger partial charge in [-0.05, 0) is 13.8 Å². The molecule has 0 N–H and O–H groups in total. The lowest BCUT2D eigenvalue weighted by atomic mass is 10.2. The molecule has 0 saturated carbocycles. The molecule has 0 atom stereocenters. The summed E-state index contributed by atoms with van der Waals surface area (Å²) in [6.07, 6.45) is 0. The molecule has 0 radical (unpaired) electrons. The van der Waals surface area contributed by atoms with Crippen molar-refractivity contribution in [2.45, 2.75) is 49.0 Å². The fourth-order valence-corrected chi connectivity index (χ4v) is 1.21. The SMILES string of the molecule is C.CC.CC.CC(=O)c1ccccc1.Cc1ccccc1. The number of hydrogen-bond acceptors (Lipinski definition) is 1. The van der Waals surface area contributed by atoms with Crippen LogP contribution in [0.1, 0.15) is 58.0 Å². The van der Waals surface area contributed by atoms with Crippen molar-refractivity contribution in [3.8, 4) is 0 Å². The van der Waals surface area contributed by atoms with Crippen molar-refractivity contribution in [3.63, 3.8) is 0 Å². The van der Waals surface area contributed by atoms with E-state index in [1.165, 1.54) is 5.56 Å². The third kappa shape index (κ3) is 14.3. The summed E-state index contributed by atoms with van der Waals surface area (Å²) in [5, 5.41) is 0. The Bertz CT molecular complexity index is 418. The van der Waals surface area contributed by atoms with Crippen LogP contribution >= 0.6 is 0 Å². The Labute approximate surface area is 132 Å². The Morgan fingerprint density at radius 1 is 0.714 bits per heavy atom. The van der Waals surface area contributed by atoms with Gasteiger partial charge in [-0.15, -0.1) is 0 Å². The zero-order valence-corrected chi connectivity index (χ0v) is 13.7. The highest BCUT2D eigenvalue weighted by molar-refractivity contribution is 5.93. The van der Waals surface area contributed by atoms with Crippen LogP contribution in [0, 0.1) is 6.92 Å². The molecule has 0 aliphatic rings. The van der Waals surface area contributed by atoms with Gasteiger partial charge in [0.2, 0.25) is 0 Å². The van der Waals surface area contributed by atoms with E-state index in [-0.39, 0.29) is 13.2 Å². The van der Waals surface area contributed by atoms with E-state index in [1.807, 2.05) is 76.2 Å². The summed E-state index contributed by atoms with van der Waals surface area (Å²) < 4.78 is 0. The lowest BCUT2D eigenvalue weighted by Crippen LogP contribution is -1.88. The second-order valence-electron chi connectivity index (χ2n) is 3.58. The molecule has 0 aliphatic heterocycles. The van der Waals surface area contributed by atoms with Gasteiger partial charge in [0.1, 0.15) is 0 Å². The maximum Gasteiger partial charge on any atom is 0.159 e. The molecule has 0 saturated heterocycles. The Kier molecular flexibility index (Phi) is 20.8. The summed E-state index contributed by atoms with van der Waals surface area (Å²) in [5.41, 5.74) is 2.10. The minimum atomic E-state index is 0. The number of hydrogen-bond donors (Lipinski definition) is 0. The van der Waals surface area contributed by atoms with E-state index in [9.17, 15) is 4.79 Å². The van der Waals surface area contributed by atoms with Gasteiger partial charge in [0.15, 0.2) is 5.78 Å². The van der Waals surface area contributed by atoms with Crippen LogP contribution in [0.3, 0.4) is 0 Å². The van der Waals surface area contributed by atoms with Gasteiger partial charge in [-0.25, -0.2) is 0 Å². The Morgan fingerprint density at radius 3 is 1.24 bits per heavy atom. The van der Waals surface area contributed by atoms with Crippen molar-refractivity contribution in [1.82, 2.24) is 0 Å². The van der Waals surface area contributed by atoms with Crippen LogP contribution in [-0.4, -0.2) is 5.78 Å². The first-order chi connectivity index (χ1) is 9.70. The second-order valence-corrected chi connectivity index (χ2v) is 3.58. The lowest BCUT2D eigenvalue weighted by molar-refractivity contribution is 0.101. The Balaban J connectivity index is -0.000000244. The highest BCUT2D eigenvalue weighted by Crippen LogP contribution is 1.97. The van der Waals surface area contributed by atoms with Crippen LogP contribution in [0.15, 0.2) is 60.7 Å². The lowest BCUT2D eigenvalue weighted by Gasteiger charge is -1.89. The quantitative estimate of drug-likeness (QED) is 0.542. The minimum absolute atomic E-state index is 0. The second kappa shape index (κ2) is 18.1. The molecule has 2 aromatic rings. The molecular weight excluding hydrogens is 256 g/mol. The van der Waals surface area contributed by atoms with Crippen molar-refractivity contribution in [1.29, 1.82) is 0 Å². The number of benzene rings is 2. The molecule has 0 spiro atoms. The summed E-state index contributed by atoms with van der Waals surface area (Å²) in [6.45, 7) is 11.6. The molecule has 0 unspecified atom stereocenters. The molecule has 0 aromatic heterocycles. The Hall–Kier alpha value is -1.89. The summed E-state index contributed by atoms with van der Waals surface area (Å²) >= 11 is 0. The molecule has 0 aliphatic carbocycles. The first kappa shape index (κ1) is 24.1. The first-order valence-corrected chi connectivity index (χ1v) is 7.28. The Morgan fingerprint density at radius 2 is 1.05 bits per heavy atom. The smallest absolute Gasteiger partial charge is 0.159 e. The van der Waals surface area contributed by atoms with E-state index < -0.39 is 0 Å². The fourth-order valence-electron chi connectivity index (χ4n) is 1.21. The average Bonchev–Trinajstić information content (AvgIpc) is 2.53. The van der Waals surface area contributed by atoms with E-state index in [0.717, 1.165) is 5.56 Å². The third-order valence-corrected chi connectivity index (χ3v) is 2.12. The average molecular weight is 288 g/mol. The molecule has 2 aromatic carbocycles. The molecule has 1 nitrogen and oxygen atoms in total. The van der Waals surface area contributed by atoms with Crippen molar-refractivity contribution >= 4 is 5.78 Å². The monoisotopic (exact) mass is 288 g/mol.